The molecule has 5 N–H and O–H groups in total. The molecule has 2 aliphatic heterocycles. The molecule has 1 spiro atoms. The van der Waals surface area contributed by atoms with Crippen molar-refractivity contribution in [3.63, 3.8) is 0 Å². The molecule has 1 amide bonds. The minimum absolute atomic E-state index is 0.0192. The van der Waals surface area contributed by atoms with Crippen molar-refractivity contribution in [2.45, 2.75) is 49.9 Å². The zero-order chi connectivity index (χ0) is 30.9. The van der Waals surface area contributed by atoms with Crippen LogP contribution in [-0.4, -0.2) is 110 Å². The van der Waals surface area contributed by atoms with E-state index in [1.807, 2.05) is 10.9 Å². The molecule has 230 valence electrons. The highest BCUT2D eigenvalue weighted by atomic mass is 32.1. The Kier molecular flexibility index (Phi) is 11.5. The number of carboxylic acid groups (broad SMARTS) is 3. The maximum Gasteiger partial charge on any atom is 0.336 e. The Labute approximate surface area is 247 Å². The normalized spacial score (nSPS) is 16.6. The lowest BCUT2D eigenvalue weighted by Gasteiger charge is -2.40. The summed E-state index contributed by atoms with van der Waals surface area (Å²) in [4.78, 5) is 51.9. The first-order valence-electron chi connectivity index (χ1n) is 13.5. The molecule has 13 nitrogen and oxygen atoms in total. The number of thiazole rings is 1. The van der Waals surface area contributed by atoms with Crippen molar-refractivity contribution in [3.05, 3.63) is 52.0 Å². The van der Waals surface area contributed by atoms with Gasteiger partial charge in [0, 0.05) is 45.0 Å². The van der Waals surface area contributed by atoms with Gasteiger partial charge in [0.05, 0.1) is 48.8 Å². The maximum absolute atomic E-state index is 13.0. The summed E-state index contributed by atoms with van der Waals surface area (Å²) in [5, 5.41) is 45.0. The molecule has 2 aliphatic rings. The second-order valence-electron chi connectivity index (χ2n) is 10.6. The van der Waals surface area contributed by atoms with E-state index in [1.165, 1.54) is 11.1 Å². The zero-order valence-corrected chi connectivity index (χ0v) is 24.2. The highest BCUT2D eigenvalue weighted by Crippen LogP contribution is 2.44. The number of carbonyl (C=O) groups is 4. The van der Waals surface area contributed by atoms with Crippen LogP contribution >= 0.6 is 11.3 Å². The number of carboxylic acids is 3. The van der Waals surface area contributed by atoms with Gasteiger partial charge in [-0.1, -0.05) is 24.3 Å². The summed E-state index contributed by atoms with van der Waals surface area (Å²) in [7, 11) is 1.76. The van der Waals surface area contributed by atoms with Gasteiger partial charge in [0.25, 0.3) is 0 Å². The molecule has 4 rings (SSSR count). The Morgan fingerprint density at radius 1 is 1.12 bits per heavy atom. The average Bonchev–Trinajstić information content (AvgIpc) is 3.57. The molecule has 14 heteroatoms. The fourth-order valence-electron chi connectivity index (χ4n) is 5.31. The molecule has 3 heterocycles. The summed E-state index contributed by atoms with van der Waals surface area (Å²) in [5.74, 6) is -5.09. The molecule has 1 unspecified atom stereocenters. The van der Waals surface area contributed by atoms with Gasteiger partial charge in [-0.05, 0) is 24.0 Å². The molecule has 0 radical (unpaired) electrons. The summed E-state index contributed by atoms with van der Waals surface area (Å²) < 4.78 is 6.27. The van der Waals surface area contributed by atoms with Crippen molar-refractivity contribution in [1.29, 1.82) is 0 Å². The number of ether oxygens (including phenoxy) is 1. The summed E-state index contributed by atoms with van der Waals surface area (Å²) in [6.07, 6.45) is 0.255. The lowest BCUT2D eigenvalue weighted by atomic mass is 9.83. The Balaban J connectivity index is 0.000000316. The number of hydrogen-bond donors (Lipinski definition) is 5. The lowest BCUT2D eigenvalue weighted by Crippen LogP contribution is -2.47. The molecule has 42 heavy (non-hydrogen) atoms. The topological polar surface area (TPSA) is 198 Å². The number of fused-ring (bicyclic) bond motifs is 2. The second kappa shape index (κ2) is 14.6. The first kappa shape index (κ1) is 33.1. The van der Waals surface area contributed by atoms with Crippen LogP contribution in [0, 0.1) is 5.92 Å². The van der Waals surface area contributed by atoms with Gasteiger partial charge in [-0.3, -0.25) is 14.4 Å². The first-order valence-corrected chi connectivity index (χ1v) is 14.4. The number of aliphatic carboxylic acids is 3. The van der Waals surface area contributed by atoms with E-state index in [2.05, 4.69) is 34.1 Å². The molecule has 1 fully saturated rings. The van der Waals surface area contributed by atoms with E-state index < -0.39 is 36.4 Å². The van der Waals surface area contributed by atoms with Crippen LogP contribution in [-0.2, 0) is 42.5 Å². The maximum atomic E-state index is 13.0. The van der Waals surface area contributed by atoms with Gasteiger partial charge in [-0.2, -0.15) is 0 Å². The summed E-state index contributed by atoms with van der Waals surface area (Å²) in [5.41, 5.74) is 2.54. The number of rotatable bonds is 12. The van der Waals surface area contributed by atoms with Crippen molar-refractivity contribution in [2.24, 2.45) is 5.92 Å². The van der Waals surface area contributed by atoms with Gasteiger partial charge >= 0.3 is 17.9 Å². The van der Waals surface area contributed by atoms with Crippen LogP contribution in [0.3, 0.4) is 0 Å². The third-order valence-corrected chi connectivity index (χ3v) is 8.18. The van der Waals surface area contributed by atoms with Crippen LogP contribution in [0.1, 0.15) is 42.5 Å². The monoisotopic (exact) mass is 607 g/mol. The minimum atomic E-state index is -2.74. The molecule has 2 aromatic rings. The van der Waals surface area contributed by atoms with E-state index in [-0.39, 0.29) is 24.0 Å². The predicted octanol–water partition coefficient (Wildman–Crippen LogP) is 1.03. The lowest BCUT2D eigenvalue weighted by molar-refractivity contribution is -0.170. The number of amides is 1. The van der Waals surface area contributed by atoms with E-state index in [0.717, 1.165) is 31.6 Å². The van der Waals surface area contributed by atoms with Crippen LogP contribution in [0.2, 0.25) is 0 Å². The van der Waals surface area contributed by atoms with Crippen LogP contribution in [0.4, 0.5) is 0 Å². The van der Waals surface area contributed by atoms with Gasteiger partial charge in [-0.15, -0.1) is 11.3 Å². The highest BCUT2D eigenvalue weighted by Gasteiger charge is 2.43. The Morgan fingerprint density at radius 2 is 1.76 bits per heavy atom. The standard InChI is InChI=1S/C22H29N3O3S.C6H8O7/c1-24(10-11-26)21(27)18(12-19-15-29-16-23-19)13-25-8-6-22(7-9-25)20-5-3-2-4-17(20)14-28-22;7-3(8)1-6(13,5(11)12)2-4(9)10/h2-5,15-16,18,26H,6-14H2,1H3;13H,1-2H2,(H,7,8)(H,9,10)(H,11,12). The van der Waals surface area contributed by atoms with E-state index in [1.54, 1.807) is 23.3 Å². The van der Waals surface area contributed by atoms with Crippen molar-refractivity contribution in [3.8, 4) is 0 Å². The number of nitrogens with zero attached hydrogens (tertiary/aromatic N) is 3. The van der Waals surface area contributed by atoms with Gasteiger partial charge in [0.2, 0.25) is 5.91 Å². The number of likely N-dealkylation sites (tertiary alicyclic amines) is 1. The second-order valence-corrected chi connectivity index (χ2v) is 11.3. The van der Waals surface area contributed by atoms with E-state index in [0.29, 0.717) is 26.1 Å². The number of likely N-dealkylation sites (N-methyl/N-ethyl adjacent to an activating group) is 1. The van der Waals surface area contributed by atoms with E-state index in [4.69, 9.17) is 25.2 Å². The van der Waals surface area contributed by atoms with Gasteiger partial charge in [0.15, 0.2) is 5.60 Å². The number of aliphatic hydroxyl groups is 2. The fraction of sp³-hybridized carbons (Fsp3) is 0.536. The van der Waals surface area contributed by atoms with E-state index in [9.17, 15) is 24.3 Å². The Bertz CT molecular complexity index is 1210. The molecule has 1 aromatic heterocycles. The molecule has 0 saturated carbocycles. The van der Waals surface area contributed by atoms with Gasteiger partial charge in [-0.25, -0.2) is 9.78 Å². The smallest absolute Gasteiger partial charge is 0.336 e. The summed E-state index contributed by atoms with van der Waals surface area (Å²) in [6.45, 7) is 3.59. The molecule has 0 bridgehead atoms. The van der Waals surface area contributed by atoms with Crippen molar-refractivity contribution in [1.82, 2.24) is 14.8 Å². The number of hydrogen-bond acceptors (Lipinski definition) is 10. The van der Waals surface area contributed by atoms with Crippen LogP contribution < -0.4 is 0 Å². The minimum Gasteiger partial charge on any atom is -0.481 e. The number of benzene rings is 1. The van der Waals surface area contributed by atoms with Gasteiger partial charge in [0.1, 0.15) is 0 Å². The quantitative estimate of drug-likeness (QED) is 0.230. The van der Waals surface area contributed by atoms with Gasteiger partial charge < -0.3 is 40.1 Å². The predicted molar refractivity (Wildman–Crippen MR) is 150 cm³/mol. The summed E-state index contributed by atoms with van der Waals surface area (Å²) in [6, 6.07) is 8.54. The van der Waals surface area contributed by atoms with Crippen LogP contribution in [0.15, 0.2) is 35.2 Å². The van der Waals surface area contributed by atoms with E-state index >= 15 is 0 Å². The zero-order valence-electron chi connectivity index (χ0n) is 23.3. The number of piperidine rings is 1. The molecule has 0 aliphatic carbocycles. The molecular formula is C28H37N3O10S. The van der Waals surface area contributed by atoms with Crippen molar-refractivity contribution in [2.75, 3.05) is 39.8 Å². The fourth-order valence-corrected chi connectivity index (χ4v) is 5.88. The Morgan fingerprint density at radius 3 is 2.31 bits per heavy atom. The summed E-state index contributed by atoms with van der Waals surface area (Å²) >= 11 is 1.56. The average molecular weight is 608 g/mol. The van der Waals surface area contributed by atoms with Crippen molar-refractivity contribution >= 4 is 35.2 Å². The van der Waals surface area contributed by atoms with Crippen LogP contribution in [0.5, 0.6) is 0 Å². The number of aliphatic hydroxyl groups excluding tert-OH is 1. The SMILES string of the molecule is CN(CCO)C(=O)C(Cc1cscn1)CN1CCC2(CC1)OCc1ccccc12.O=C(O)CC(O)(CC(=O)O)C(=O)O. The highest BCUT2D eigenvalue weighted by molar-refractivity contribution is 7.07. The first-order chi connectivity index (χ1) is 19.9. The molecule has 1 aromatic carbocycles. The third-order valence-electron chi connectivity index (χ3n) is 7.54. The number of aromatic nitrogens is 1. The van der Waals surface area contributed by atoms with Crippen LogP contribution in [0.25, 0.3) is 0 Å². The third kappa shape index (κ3) is 8.55. The number of carbonyl (C=O) groups excluding carboxylic acids is 1. The molecule has 1 atom stereocenters. The molecular weight excluding hydrogens is 570 g/mol. The Hall–Kier alpha value is -3.43. The van der Waals surface area contributed by atoms with Crippen molar-refractivity contribution < 1.29 is 49.4 Å². The largest absolute Gasteiger partial charge is 0.481 e. The molecule has 1 saturated heterocycles.